The molecule has 36 heavy (non-hydrogen) atoms. The number of alkyl halides is 3. The van der Waals surface area contributed by atoms with E-state index in [0.29, 0.717) is 29.2 Å². The molecule has 2 rings (SSSR count). The van der Waals surface area contributed by atoms with Crippen LogP contribution in [0.3, 0.4) is 0 Å². The fraction of sp³-hybridized carbons (Fsp3) is 0.786. The van der Waals surface area contributed by atoms with Crippen LogP contribution in [0.25, 0.3) is 0 Å². The fourth-order valence-electron chi connectivity index (χ4n) is 5.04. The van der Waals surface area contributed by atoms with Crippen molar-refractivity contribution in [3.63, 3.8) is 0 Å². The van der Waals surface area contributed by atoms with E-state index >= 15 is 0 Å². The second-order valence-electron chi connectivity index (χ2n) is 11.6. The first-order chi connectivity index (χ1) is 16.6. The Balaban J connectivity index is 1.81. The van der Waals surface area contributed by atoms with E-state index in [1.165, 1.54) is 50.7 Å². The first kappa shape index (κ1) is 30.8. The molecule has 1 aliphatic heterocycles. The maximum Gasteiger partial charge on any atom is 0.534 e. The van der Waals surface area contributed by atoms with E-state index in [4.69, 9.17) is 4.74 Å². The third kappa shape index (κ3) is 9.46. The third-order valence-corrected chi connectivity index (χ3v) is 8.34. The lowest BCUT2D eigenvalue weighted by Crippen LogP contribution is -2.36. The molecular formula is C28H45F3O4S. The second-order valence-corrected chi connectivity index (χ2v) is 13.2. The molecule has 0 N–H and O–H groups in total. The molecule has 8 heteroatoms. The van der Waals surface area contributed by atoms with Crippen molar-refractivity contribution in [1.82, 2.24) is 0 Å². The summed E-state index contributed by atoms with van der Waals surface area (Å²) in [5.74, 6) is 2.55. The Morgan fingerprint density at radius 1 is 0.972 bits per heavy atom. The summed E-state index contributed by atoms with van der Waals surface area (Å²) in [6.07, 6.45) is 12.2. The zero-order valence-electron chi connectivity index (χ0n) is 22.8. The van der Waals surface area contributed by atoms with E-state index in [1.807, 2.05) is 0 Å². The van der Waals surface area contributed by atoms with Gasteiger partial charge in [0.15, 0.2) is 0 Å². The zero-order chi connectivity index (χ0) is 27.1. The first-order valence-corrected chi connectivity index (χ1v) is 14.9. The van der Waals surface area contributed by atoms with Gasteiger partial charge in [0.25, 0.3) is 0 Å². The molecule has 0 bridgehead atoms. The Labute approximate surface area is 216 Å². The van der Waals surface area contributed by atoms with E-state index in [9.17, 15) is 21.6 Å². The number of ether oxygens (including phenoxy) is 1. The van der Waals surface area contributed by atoms with Crippen molar-refractivity contribution in [2.24, 2.45) is 17.8 Å². The van der Waals surface area contributed by atoms with Crippen LogP contribution in [-0.4, -0.2) is 19.5 Å². The maximum atomic E-state index is 12.7. The molecule has 0 aromatic heterocycles. The topological polar surface area (TPSA) is 52.6 Å². The number of hydrogen-bond donors (Lipinski definition) is 0. The van der Waals surface area contributed by atoms with Crippen molar-refractivity contribution in [3.05, 3.63) is 23.3 Å². The summed E-state index contributed by atoms with van der Waals surface area (Å²) in [7, 11) is -5.70. The predicted molar refractivity (Wildman–Crippen MR) is 139 cm³/mol. The van der Waals surface area contributed by atoms with Gasteiger partial charge in [0.2, 0.25) is 0 Å². The minimum absolute atomic E-state index is 0.334. The Bertz CT molecular complexity index is 943. The SMILES string of the molecule is Cc1cc(OS(=O)(=O)C(F)(F)F)cc2c1O[C@](C)(CCCC(C)CCCC(C)CCCC(C)C)CC2. The van der Waals surface area contributed by atoms with E-state index in [2.05, 4.69) is 38.8 Å². The van der Waals surface area contributed by atoms with Gasteiger partial charge in [-0.25, -0.2) is 0 Å². The Kier molecular flexibility index (Phi) is 11.0. The molecule has 0 saturated carbocycles. The van der Waals surface area contributed by atoms with Crippen molar-refractivity contribution in [3.8, 4) is 11.5 Å². The summed E-state index contributed by atoms with van der Waals surface area (Å²) in [4.78, 5) is 0. The van der Waals surface area contributed by atoms with Gasteiger partial charge in [-0.3, -0.25) is 0 Å². The van der Waals surface area contributed by atoms with Gasteiger partial charge >= 0.3 is 15.6 Å². The summed E-state index contributed by atoms with van der Waals surface area (Å²) in [6, 6.07) is 2.64. The van der Waals surface area contributed by atoms with Gasteiger partial charge in [-0.05, 0) is 80.5 Å². The lowest BCUT2D eigenvalue weighted by molar-refractivity contribution is -0.0500. The first-order valence-electron chi connectivity index (χ1n) is 13.4. The Morgan fingerprint density at radius 2 is 1.53 bits per heavy atom. The monoisotopic (exact) mass is 534 g/mol. The standard InChI is InChI=1S/C28H45F3O4S/c1-20(2)10-7-11-21(3)12-8-13-22(4)14-9-16-27(6)17-15-24-19-25(18-23(5)26(24)34-27)35-36(32,33)28(29,30)31/h18-22H,7-17H2,1-6H3/t21?,22?,27-/m1/s1. The molecule has 1 aromatic rings. The summed E-state index contributed by atoms with van der Waals surface area (Å²) in [5, 5.41) is 0. The van der Waals surface area contributed by atoms with E-state index in [-0.39, 0.29) is 11.4 Å². The second kappa shape index (κ2) is 12.9. The van der Waals surface area contributed by atoms with Crippen molar-refractivity contribution < 1.29 is 30.5 Å². The highest BCUT2D eigenvalue weighted by Crippen LogP contribution is 2.41. The van der Waals surface area contributed by atoms with Gasteiger partial charge in [-0.15, -0.1) is 0 Å². The molecule has 208 valence electrons. The number of fused-ring (bicyclic) bond motifs is 1. The highest BCUT2D eigenvalue weighted by atomic mass is 32.2. The lowest BCUT2D eigenvalue weighted by Gasteiger charge is -2.37. The molecule has 0 aliphatic carbocycles. The van der Waals surface area contributed by atoms with Crippen LogP contribution in [0.15, 0.2) is 12.1 Å². The van der Waals surface area contributed by atoms with Crippen LogP contribution in [0.4, 0.5) is 13.2 Å². The molecular weight excluding hydrogens is 489 g/mol. The fourth-order valence-corrected chi connectivity index (χ4v) is 5.48. The number of hydrogen-bond acceptors (Lipinski definition) is 4. The van der Waals surface area contributed by atoms with Crippen LogP contribution in [0.2, 0.25) is 0 Å². The van der Waals surface area contributed by atoms with E-state index in [1.54, 1.807) is 6.92 Å². The summed E-state index contributed by atoms with van der Waals surface area (Å²) in [6.45, 7) is 13.0. The van der Waals surface area contributed by atoms with Crippen LogP contribution in [-0.2, 0) is 16.5 Å². The molecule has 2 unspecified atom stereocenters. The summed E-state index contributed by atoms with van der Waals surface area (Å²) < 4.78 is 71.4. The van der Waals surface area contributed by atoms with Crippen LogP contribution in [0.1, 0.15) is 110 Å². The van der Waals surface area contributed by atoms with Crippen LogP contribution in [0, 0.1) is 24.7 Å². The molecule has 4 nitrogen and oxygen atoms in total. The average Bonchev–Trinajstić information content (AvgIpc) is 2.73. The summed E-state index contributed by atoms with van der Waals surface area (Å²) >= 11 is 0. The molecule has 0 amide bonds. The average molecular weight is 535 g/mol. The lowest BCUT2D eigenvalue weighted by atomic mass is 9.85. The van der Waals surface area contributed by atoms with Gasteiger partial charge in [-0.1, -0.05) is 72.6 Å². The number of aryl methyl sites for hydroxylation is 2. The number of rotatable bonds is 14. The maximum absolute atomic E-state index is 12.7. The Morgan fingerprint density at radius 3 is 2.08 bits per heavy atom. The van der Waals surface area contributed by atoms with Gasteiger partial charge in [-0.2, -0.15) is 21.6 Å². The van der Waals surface area contributed by atoms with Crippen molar-refractivity contribution >= 4 is 10.1 Å². The molecule has 0 spiro atoms. The quantitative estimate of drug-likeness (QED) is 0.177. The normalized spacial score (nSPS) is 20.1. The molecule has 1 aliphatic rings. The molecule has 0 saturated heterocycles. The van der Waals surface area contributed by atoms with Crippen molar-refractivity contribution in [1.29, 1.82) is 0 Å². The minimum atomic E-state index is -5.70. The molecule has 0 radical (unpaired) electrons. The van der Waals surface area contributed by atoms with Crippen LogP contribution < -0.4 is 8.92 Å². The zero-order valence-corrected chi connectivity index (χ0v) is 23.7. The van der Waals surface area contributed by atoms with Gasteiger partial charge in [0.1, 0.15) is 17.1 Å². The van der Waals surface area contributed by atoms with E-state index in [0.717, 1.165) is 37.5 Å². The highest BCUT2D eigenvalue weighted by molar-refractivity contribution is 7.88. The van der Waals surface area contributed by atoms with Gasteiger partial charge < -0.3 is 8.92 Å². The number of halogens is 3. The highest BCUT2D eigenvalue weighted by Gasteiger charge is 2.48. The third-order valence-electron chi connectivity index (χ3n) is 7.36. The van der Waals surface area contributed by atoms with Crippen molar-refractivity contribution in [2.75, 3.05) is 0 Å². The molecule has 1 aromatic carbocycles. The number of benzene rings is 1. The smallest absolute Gasteiger partial charge is 0.487 e. The molecule has 1 heterocycles. The minimum Gasteiger partial charge on any atom is -0.487 e. The predicted octanol–water partition coefficient (Wildman–Crippen LogP) is 8.75. The summed E-state index contributed by atoms with van der Waals surface area (Å²) in [5.41, 5.74) is -4.56. The van der Waals surface area contributed by atoms with E-state index < -0.39 is 15.6 Å². The largest absolute Gasteiger partial charge is 0.534 e. The van der Waals surface area contributed by atoms with Crippen LogP contribution in [0.5, 0.6) is 11.5 Å². The Hall–Kier alpha value is -1.44. The van der Waals surface area contributed by atoms with Crippen molar-refractivity contribution in [2.45, 2.75) is 123 Å². The molecule has 3 atom stereocenters. The van der Waals surface area contributed by atoms with Crippen LogP contribution >= 0.6 is 0 Å². The van der Waals surface area contributed by atoms with Gasteiger partial charge in [0.05, 0.1) is 0 Å². The van der Waals surface area contributed by atoms with Gasteiger partial charge in [0, 0.05) is 0 Å². The molecule has 0 fully saturated rings.